The van der Waals surface area contributed by atoms with E-state index in [1.54, 1.807) is 18.4 Å². The van der Waals surface area contributed by atoms with Gasteiger partial charge in [-0.15, -0.1) is 0 Å². The van der Waals surface area contributed by atoms with E-state index in [1.807, 2.05) is 0 Å². The summed E-state index contributed by atoms with van der Waals surface area (Å²) in [5.74, 6) is 1.73. The van der Waals surface area contributed by atoms with Crippen LogP contribution in [0.2, 0.25) is 0 Å². The summed E-state index contributed by atoms with van der Waals surface area (Å²) in [7, 11) is 0. The predicted molar refractivity (Wildman–Crippen MR) is 85.2 cm³/mol. The van der Waals surface area contributed by atoms with Crippen molar-refractivity contribution in [2.24, 2.45) is 0 Å². The van der Waals surface area contributed by atoms with Crippen LogP contribution in [0.25, 0.3) is 0 Å². The lowest BCUT2D eigenvalue weighted by atomic mass is 9.69. The van der Waals surface area contributed by atoms with E-state index >= 15 is 0 Å². The standard InChI is InChI=1S/C19H21NO2/c21-18(19-6-3-11-22-19)8-7-16-15-5-2-1-4-14(15)13-9-10-20-17(16)12-13/h1-6,11,13,16-17,20H,7-10,12H2. The number of piperidine rings is 1. The smallest absolute Gasteiger partial charge is 0.198 e. The minimum atomic E-state index is 0.111. The quantitative estimate of drug-likeness (QED) is 0.871. The number of fused-ring (bicyclic) bond motifs is 4. The number of Topliss-reactive ketones (excluding diaryl/α,β-unsaturated/α-hetero) is 1. The molecule has 22 heavy (non-hydrogen) atoms. The largest absolute Gasteiger partial charge is 0.461 e. The van der Waals surface area contributed by atoms with Crippen LogP contribution >= 0.6 is 0 Å². The van der Waals surface area contributed by atoms with Gasteiger partial charge in [0.2, 0.25) is 0 Å². The Morgan fingerprint density at radius 3 is 2.86 bits per heavy atom. The number of carbonyl (C=O) groups is 1. The maximum Gasteiger partial charge on any atom is 0.198 e. The van der Waals surface area contributed by atoms with E-state index in [0.717, 1.165) is 13.0 Å². The minimum absolute atomic E-state index is 0.111. The predicted octanol–water partition coefficient (Wildman–Crippen LogP) is 3.88. The Labute approximate surface area is 130 Å². The molecule has 2 bridgehead atoms. The molecule has 1 aliphatic carbocycles. The summed E-state index contributed by atoms with van der Waals surface area (Å²) < 4.78 is 5.22. The van der Waals surface area contributed by atoms with Crippen molar-refractivity contribution in [3.8, 4) is 0 Å². The van der Waals surface area contributed by atoms with Gasteiger partial charge < -0.3 is 9.73 Å². The molecule has 0 radical (unpaired) electrons. The maximum absolute atomic E-state index is 12.2. The third-order valence-electron chi connectivity index (χ3n) is 5.24. The molecule has 0 amide bonds. The van der Waals surface area contributed by atoms with Crippen LogP contribution in [0.1, 0.15) is 59.2 Å². The molecular weight excluding hydrogens is 274 g/mol. The van der Waals surface area contributed by atoms with Crippen molar-refractivity contribution in [3.63, 3.8) is 0 Å². The molecule has 2 heterocycles. The molecule has 3 nitrogen and oxygen atoms in total. The van der Waals surface area contributed by atoms with Gasteiger partial charge in [0.1, 0.15) is 0 Å². The van der Waals surface area contributed by atoms with E-state index in [2.05, 4.69) is 29.6 Å². The molecule has 1 aliphatic heterocycles. The molecule has 3 heteroatoms. The Kier molecular flexibility index (Phi) is 3.59. The maximum atomic E-state index is 12.2. The molecule has 1 aromatic heterocycles. The van der Waals surface area contributed by atoms with Crippen molar-refractivity contribution in [3.05, 3.63) is 59.5 Å². The van der Waals surface area contributed by atoms with E-state index in [-0.39, 0.29) is 5.78 Å². The lowest BCUT2D eigenvalue weighted by Crippen LogP contribution is -2.45. The van der Waals surface area contributed by atoms with Crippen LogP contribution in [-0.4, -0.2) is 18.4 Å². The first-order chi connectivity index (χ1) is 10.8. The highest BCUT2D eigenvalue weighted by Crippen LogP contribution is 2.44. The van der Waals surface area contributed by atoms with Crippen LogP contribution in [0.5, 0.6) is 0 Å². The molecular formula is C19H21NO2. The molecule has 0 saturated carbocycles. The molecule has 1 saturated heterocycles. The molecule has 114 valence electrons. The van der Waals surface area contributed by atoms with Crippen LogP contribution in [-0.2, 0) is 0 Å². The first-order valence-electron chi connectivity index (χ1n) is 8.22. The highest BCUT2D eigenvalue weighted by Gasteiger charge is 2.36. The van der Waals surface area contributed by atoms with E-state index < -0.39 is 0 Å². The Bertz CT molecular complexity index is 662. The van der Waals surface area contributed by atoms with Crippen LogP contribution < -0.4 is 5.32 Å². The van der Waals surface area contributed by atoms with Gasteiger partial charge in [0.05, 0.1) is 6.26 Å². The summed E-state index contributed by atoms with van der Waals surface area (Å²) in [5, 5.41) is 3.67. The minimum Gasteiger partial charge on any atom is -0.461 e. The number of hydrogen-bond donors (Lipinski definition) is 1. The summed E-state index contributed by atoms with van der Waals surface area (Å²) in [6, 6.07) is 12.8. The lowest BCUT2D eigenvalue weighted by molar-refractivity contribution is 0.0947. The third kappa shape index (κ3) is 2.40. The van der Waals surface area contributed by atoms with E-state index in [1.165, 1.54) is 24.0 Å². The lowest BCUT2D eigenvalue weighted by Gasteiger charge is -2.42. The zero-order valence-corrected chi connectivity index (χ0v) is 12.6. The summed E-state index contributed by atoms with van der Waals surface area (Å²) in [6.07, 6.45) is 5.44. The zero-order chi connectivity index (χ0) is 14.9. The summed E-state index contributed by atoms with van der Waals surface area (Å²) in [5.41, 5.74) is 2.96. The molecule has 2 aliphatic rings. The molecule has 0 spiro atoms. The van der Waals surface area contributed by atoms with Crippen molar-refractivity contribution in [1.29, 1.82) is 0 Å². The molecule has 1 aromatic carbocycles. The van der Waals surface area contributed by atoms with Gasteiger partial charge >= 0.3 is 0 Å². The summed E-state index contributed by atoms with van der Waals surface area (Å²) in [4.78, 5) is 12.2. The van der Waals surface area contributed by atoms with Crippen LogP contribution in [0, 0.1) is 0 Å². The number of carbonyl (C=O) groups excluding carboxylic acids is 1. The Morgan fingerprint density at radius 1 is 1.18 bits per heavy atom. The highest BCUT2D eigenvalue weighted by molar-refractivity contribution is 5.93. The van der Waals surface area contributed by atoms with Crippen LogP contribution in [0.4, 0.5) is 0 Å². The molecule has 1 fully saturated rings. The van der Waals surface area contributed by atoms with Gasteiger partial charge in [0.15, 0.2) is 11.5 Å². The molecule has 3 unspecified atom stereocenters. The molecule has 1 N–H and O–H groups in total. The second kappa shape index (κ2) is 5.73. The van der Waals surface area contributed by atoms with Gasteiger partial charge in [-0.25, -0.2) is 0 Å². The van der Waals surface area contributed by atoms with Crippen LogP contribution in [0.3, 0.4) is 0 Å². The first kappa shape index (κ1) is 13.8. The fourth-order valence-electron chi connectivity index (χ4n) is 4.18. The average molecular weight is 295 g/mol. The number of nitrogens with one attached hydrogen (secondary N) is 1. The zero-order valence-electron chi connectivity index (χ0n) is 12.6. The molecule has 2 aromatic rings. The second-order valence-electron chi connectivity index (χ2n) is 6.46. The van der Waals surface area contributed by atoms with Crippen molar-refractivity contribution in [1.82, 2.24) is 5.32 Å². The monoisotopic (exact) mass is 295 g/mol. The Morgan fingerprint density at radius 2 is 2.05 bits per heavy atom. The summed E-state index contributed by atoms with van der Waals surface area (Å²) in [6.45, 7) is 1.09. The topological polar surface area (TPSA) is 42.2 Å². The SMILES string of the molecule is O=C(CCC1c2ccccc2C2CCNC1C2)c1ccco1. The Hall–Kier alpha value is -1.87. The third-order valence-corrected chi connectivity index (χ3v) is 5.24. The van der Waals surface area contributed by atoms with Gasteiger partial charge in [-0.1, -0.05) is 24.3 Å². The number of benzene rings is 1. The second-order valence-corrected chi connectivity index (χ2v) is 6.46. The van der Waals surface area contributed by atoms with E-state index in [0.29, 0.717) is 30.1 Å². The van der Waals surface area contributed by atoms with E-state index in [9.17, 15) is 4.79 Å². The van der Waals surface area contributed by atoms with Crippen LogP contribution in [0.15, 0.2) is 47.1 Å². The van der Waals surface area contributed by atoms with Crippen molar-refractivity contribution in [2.45, 2.75) is 43.6 Å². The number of furan rings is 1. The van der Waals surface area contributed by atoms with Gasteiger partial charge in [-0.2, -0.15) is 0 Å². The fourth-order valence-corrected chi connectivity index (χ4v) is 4.18. The number of ketones is 1. The van der Waals surface area contributed by atoms with Crippen molar-refractivity contribution < 1.29 is 9.21 Å². The molecule has 4 rings (SSSR count). The fraction of sp³-hybridized carbons (Fsp3) is 0.421. The normalized spacial score (nSPS) is 26.5. The van der Waals surface area contributed by atoms with Crippen molar-refractivity contribution in [2.75, 3.05) is 6.54 Å². The van der Waals surface area contributed by atoms with Gasteiger partial charge in [-0.3, -0.25) is 4.79 Å². The van der Waals surface area contributed by atoms with Crippen molar-refractivity contribution >= 4 is 5.78 Å². The molecule has 3 atom stereocenters. The Balaban J connectivity index is 1.55. The van der Waals surface area contributed by atoms with Gasteiger partial charge in [0, 0.05) is 12.5 Å². The first-order valence-corrected chi connectivity index (χ1v) is 8.22. The van der Waals surface area contributed by atoms with Gasteiger partial charge in [0.25, 0.3) is 0 Å². The number of rotatable bonds is 4. The number of hydrogen-bond acceptors (Lipinski definition) is 3. The van der Waals surface area contributed by atoms with Gasteiger partial charge in [-0.05, 0) is 60.9 Å². The summed E-state index contributed by atoms with van der Waals surface area (Å²) >= 11 is 0. The average Bonchev–Trinajstić information content (AvgIpc) is 3.09. The van der Waals surface area contributed by atoms with E-state index in [4.69, 9.17) is 4.42 Å². The highest BCUT2D eigenvalue weighted by atomic mass is 16.3.